The van der Waals surface area contributed by atoms with Crippen molar-refractivity contribution < 1.29 is 4.79 Å². The van der Waals surface area contributed by atoms with Crippen molar-refractivity contribution in [2.24, 2.45) is 5.41 Å². The van der Waals surface area contributed by atoms with Crippen LogP contribution in [0.4, 0.5) is 0 Å². The molecule has 1 aliphatic heterocycles. The Kier molecular flexibility index (Phi) is 3.73. The molecule has 3 rings (SSSR count). The van der Waals surface area contributed by atoms with E-state index in [1.165, 1.54) is 11.1 Å². The lowest BCUT2D eigenvalue weighted by molar-refractivity contribution is -0.141. The minimum atomic E-state index is -0.377. The molecule has 2 heterocycles. The number of hydrogen-bond acceptors (Lipinski definition) is 2. The molecule has 0 aliphatic carbocycles. The maximum absolute atomic E-state index is 12.9. The zero-order valence-electron chi connectivity index (χ0n) is 13.4. The Hall–Kier alpha value is -2.16. The van der Waals surface area contributed by atoms with Crippen LogP contribution in [0.5, 0.6) is 0 Å². The second-order valence-electron chi connectivity index (χ2n) is 6.88. The fraction of sp³-hybridized carbons (Fsp3) is 0.368. The van der Waals surface area contributed by atoms with Gasteiger partial charge >= 0.3 is 0 Å². The van der Waals surface area contributed by atoms with Crippen molar-refractivity contribution in [3.63, 3.8) is 0 Å². The maximum atomic E-state index is 12.9. The highest BCUT2D eigenvalue weighted by molar-refractivity contribution is 5.82. The third-order valence-corrected chi connectivity index (χ3v) is 4.21. The van der Waals surface area contributed by atoms with E-state index in [9.17, 15) is 4.79 Å². The molecule has 0 N–H and O–H groups in total. The molecule has 1 aliphatic rings. The maximum Gasteiger partial charge on any atom is 0.228 e. The number of pyridine rings is 1. The zero-order chi connectivity index (χ0) is 15.7. The van der Waals surface area contributed by atoms with E-state index < -0.39 is 0 Å². The van der Waals surface area contributed by atoms with Gasteiger partial charge in [-0.1, -0.05) is 45.0 Å². The lowest BCUT2D eigenvalue weighted by Gasteiger charge is -2.40. The van der Waals surface area contributed by atoms with Gasteiger partial charge in [0.15, 0.2) is 0 Å². The van der Waals surface area contributed by atoms with Gasteiger partial charge < -0.3 is 4.90 Å². The predicted octanol–water partition coefficient (Wildman–Crippen LogP) is 3.60. The van der Waals surface area contributed by atoms with Crippen molar-refractivity contribution in [2.75, 3.05) is 6.54 Å². The standard InChI is InChI=1S/C19H22N2O/c1-19(2,3)18(22)21-13-10-14-6-4-5-7-16(14)17(21)15-8-11-20-12-9-15/h4-9,11-12,17H,10,13H2,1-3H3. The largest absolute Gasteiger partial charge is 0.331 e. The van der Waals surface area contributed by atoms with Crippen molar-refractivity contribution in [3.8, 4) is 0 Å². The number of aromatic nitrogens is 1. The van der Waals surface area contributed by atoms with E-state index in [1.807, 2.05) is 37.8 Å². The summed E-state index contributed by atoms with van der Waals surface area (Å²) in [5.41, 5.74) is 3.32. The SMILES string of the molecule is CC(C)(C)C(=O)N1CCc2ccccc2C1c1ccncc1. The number of benzene rings is 1. The van der Waals surface area contributed by atoms with Crippen molar-refractivity contribution in [1.82, 2.24) is 9.88 Å². The molecular formula is C19H22N2O. The first-order chi connectivity index (χ1) is 10.5. The highest BCUT2D eigenvalue weighted by Crippen LogP contribution is 2.37. The zero-order valence-corrected chi connectivity index (χ0v) is 13.4. The van der Waals surface area contributed by atoms with Gasteiger partial charge in [0.05, 0.1) is 6.04 Å². The smallest absolute Gasteiger partial charge is 0.228 e. The number of carbonyl (C=O) groups excluding carboxylic acids is 1. The summed E-state index contributed by atoms with van der Waals surface area (Å²) in [5.74, 6) is 0.198. The molecule has 3 nitrogen and oxygen atoms in total. The number of nitrogens with zero attached hydrogens (tertiary/aromatic N) is 2. The second kappa shape index (κ2) is 5.56. The molecule has 3 heteroatoms. The quantitative estimate of drug-likeness (QED) is 0.805. The van der Waals surface area contributed by atoms with Crippen LogP contribution >= 0.6 is 0 Å². The van der Waals surface area contributed by atoms with Crippen LogP contribution in [0.3, 0.4) is 0 Å². The van der Waals surface area contributed by atoms with Crippen LogP contribution in [-0.2, 0) is 11.2 Å². The van der Waals surface area contributed by atoms with Gasteiger partial charge in [-0.3, -0.25) is 9.78 Å². The molecule has 1 amide bonds. The molecule has 0 saturated heterocycles. The van der Waals surface area contributed by atoms with E-state index >= 15 is 0 Å². The topological polar surface area (TPSA) is 33.2 Å². The number of carbonyl (C=O) groups is 1. The van der Waals surface area contributed by atoms with E-state index in [4.69, 9.17) is 0 Å². The Morgan fingerprint density at radius 1 is 1.14 bits per heavy atom. The molecule has 0 radical (unpaired) electrons. The molecule has 2 aromatic rings. The van der Waals surface area contributed by atoms with Gasteiger partial charge in [-0.25, -0.2) is 0 Å². The lowest BCUT2D eigenvalue weighted by atomic mass is 9.85. The molecule has 0 fully saturated rings. The summed E-state index contributed by atoms with van der Waals surface area (Å²) in [7, 11) is 0. The van der Waals surface area contributed by atoms with Crippen LogP contribution in [0.15, 0.2) is 48.8 Å². The Bertz CT molecular complexity index is 673. The summed E-state index contributed by atoms with van der Waals surface area (Å²) in [4.78, 5) is 19.1. The van der Waals surface area contributed by atoms with Gasteiger partial charge in [0.2, 0.25) is 5.91 Å². The molecule has 0 bridgehead atoms. The number of rotatable bonds is 1. The van der Waals surface area contributed by atoms with Crippen molar-refractivity contribution >= 4 is 5.91 Å². The first-order valence-corrected chi connectivity index (χ1v) is 7.77. The number of amides is 1. The first-order valence-electron chi connectivity index (χ1n) is 7.77. The Balaban J connectivity index is 2.10. The summed E-state index contributed by atoms with van der Waals surface area (Å²) in [6, 6.07) is 12.4. The minimum Gasteiger partial charge on any atom is -0.331 e. The van der Waals surface area contributed by atoms with Gasteiger partial charge in [0.1, 0.15) is 0 Å². The number of fused-ring (bicyclic) bond motifs is 1. The molecule has 0 saturated carbocycles. The van der Waals surface area contributed by atoms with Crippen molar-refractivity contribution in [1.29, 1.82) is 0 Å². The van der Waals surface area contributed by atoms with E-state index in [1.54, 1.807) is 12.4 Å². The van der Waals surface area contributed by atoms with Gasteiger partial charge in [0, 0.05) is 24.4 Å². The van der Waals surface area contributed by atoms with Gasteiger partial charge in [0.25, 0.3) is 0 Å². The normalized spacial score (nSPS) is 18.0. The Labute approximate surface area is 132 Å². The third kappa shape index (κ3) is 2.63. The first kappa shape index (κ1) is 14.8. The third-order valence-electron chi connectivity index (χ3n) is 4.21. The molecule has 22 heavy (non-hydrogen) atoms. The van der Waals surface area contributed by atoms with E-state index in [2.05, 4.69) is 29.2 Å². The van der Waals surface area contributed by atoms with Crippen LogP contribution < -0.4 is 0 Å². The molecule has 114 valence electrons. The van der Waals surface area contributed by atoms with E-state index in [0.717, 1.165) is 18.5 Å². The summed E-state index contributed by atoms with van der Waals surface area (Å²) < 4.78 is 0. The van der Waals surface area contributed by atoms with E-state index in [-0.39, 0.29) is 17.4 Å². The fourth-order valence-corrected chi connectivity index (χ4v) is 3.12. The van der Waals surface area contributed by atoms with Gasteiger partial charge in [-0.15, -0.1) is 0 Å². The Morgan fingerprint density at radius 3 is 2.50 bits per heavy atom. The molecule has 1 atom stereocenters. The summed E-state index contributed by atoms with van der Waals surface area (Å²) in [5, 5.41) is 0. The van der Waals surface area contributed by atoms with Crippen LogP contribution in [0, 0.1) is 5.41 Å². The van der Waals surface area contributed by atoms with Crippen LogP contribution in [0.2, 0.25) is 0 Å². The lowest BCUT2D eigenvalue weighted by Crippen LogP contribution is -2.45. The number of hydrogen-bond donors (Lipinski definition) is 0. The molecule has 1 aromatic heterocycles. The van der Waals surface area contributed by atoms with E-state index in [0.29, 0.717) is 0 Å². The average molecular weight is 294 g/mol. The van der Waals surface area contributed by atoms with Gasteiger partial charge in [-0.2, -0.15) is 0 Å². The highest BCUT2D eigenvalue weighted by atomic mass is 16.2. The molecule has 0 spiro atoms. The van der Waals surface area contributed by atoms with Crippen LogP contribution in [-0.4, -0.2) is 22.3 Å². The minimum absolute atomic E-state index is 0.0142. The summed E-state index contributed by atoms with van der Waals surface area (Å²) >= 11 is 0. The van der Waals surface area contributed by atoms with Crippen LogP contribution in [0.1, 0.15) is 43.5 Å². The monoisotopic (exact) mass is 294 g/mol. The summed E-state index contributed by atoms with van der Waals surface area (Å²) in [6.45, 7) is 6.72. The molecular weight excluding hydrogens is 272 g/mol. The van der Waals surface area contributed by atoms with Gasteiger partial charge in [-0.05, 0) is 35.2 Å². The summed E-state index contributed by atoms with van der Waals surface area (Å²) in [6.07, 6.45) is 4.51. The average Bonchev–Trinajstić information content (AvgIpc) is 2.53. The second-order valence-corrected chi connectivity index (χ2v) is 6.88. The molecule has 1 aromatic carbocycles. The fourth-order valence-electron chi connectivity index (χ4n) is 3.12. The van der Waals surface area contributed by atoms with Crippen molar-refractivity contribution in [3.05, 3.63) is 65.5 Å². The Morgan fingerprint density at radius 2 is 1.82 bits per heavy atom. The molecule has 1 unspecified atom stereocenters. The predicted molar refractivity (Wildman–Crippen MR) is 87.4 cm³/mol. The van der Waals surface area contributed by atoms with Crippen molar-refractivity contribution in [2.45, 2.75) is 33.2 Å². The van der Waals surface area contributed by atoms with Crippen LogP contribution in [0.25, 0.3) is 0 Å². The highest BCUT2D eigenvalue weighted by Gasteiger charge is 2.36.